The first-order chi connectivity index (χ1) is 17.8. The molecule has 0 heterocycles. The van der Waals surface area contributed by atoms with Crippen molar-refractivity contribution in [3.05, 3.63) is 108 Å². The van der Waals surface area contributed by atoms with E-state index in [1.165, 1.54) is 0 Å². The smallest absolute Gasteiger partial charge is 0.115 e. The van der Waals surface area contributed by atoms with Crippen molar-refractivity contribution in [3.8, 4) is 0 Å². The van der Waals surface area contributed by atoms with Gasteiger partial charge in [-0.25, -0.2) is 0 Å². The zero-order valence-corrected chi connectivity index (χ0v) is 21.9. The monoisotopic (exact) mass is 505 g/mol. The minimum Gasteiger partial charge on any atom is -0.389 e. The van der Waals surface area contributed by atoms with E-state index in [0.29, 0.717) is 13.2 Å². The van der Waals surface area contributed by atoms with Crippen LogP contribution >= 0.6 is 0 Å². The van der Waals surface area contributed by atoms with Gasteiger partial charge in [0.2, 0.25) is 0 Å². The molecule has 0 amide bonds. The van der Waals surface area contributed by atoms with Gasteiger partial charge in [0.15, 0.2) is 0 Å². The summed E-state index contributed by atoms with van der Waals surface area (Å²) in [7, 11) is 0. The number of benzene rings is 3. The highest BCUT2D eigenvalue weighted by Gasteiger charge is 2.52. The van der Waals surface area contributed by atoms with E-state index in [0.717, 1.165) is 16.7 Å². The molecule has 3 aromatic rings. The van der Waals surface area contributed by atoms with Crippen molar-refractivity contribution in [2.75, 3.05) is 0 Å². The third-order valence-electron chi connectivity index (χ3n) is 6.51. The predicted molar refractivity (Wildman–Crippen MR) is 144 cm³/mol. The summed E-state index contributed by atoms with van der Waals surface area (Å²) in [6.07, 6.45) is -4.29. The molecule has 4 rings (SSSR count). The lowest BCUT2D eigenvalue weighted by molar-refractivity contribution is -0.240. The highest BCUT2D eigenvalue weighted by molar-refractivity contribution is 5.16. The van der Waals surface area contributed by atoms with Gasteiger partial charge in [-0.05, 0) is 37.5 Å². The molecule has 0 aliphatic heterocycles. The van der Waals surface area contributed by atoms with Gasteiger partial charge in [0.25, 0.3) is 0 Å². The van der Waals surface area contributed by atoms with Crippen molar-refractivity contribution in [2.24, 2.45) is 0 Å². The highest BCUT2D eigenvalue weighted by Crippen LogP contribution is 2.31. The van der Waals surface area contributed by atoms with Crippen LogP contribution in [-0.2, 0) is 34.0 Å². The van der Waals surface area contributed by atoms with Gasteiger partial charge in [-0.1, -0.05) is 91.0 Å². The number of hydrogen-bond acceptors (Lipinski definition) is 6. The van der Waals surface area contributed by atoms with E-state index >= 15 is 0 Å². The fourth-order valence-electron chi connectivity index (χ4n) is 4.74. The van der Waals surface area contributed by atoms with Gasteiger partial charge in [-0.2, -0.15) is 0 Å². The molecule has 3 aromatic carbocycles. The quantitative estimate of drug-likeness (QED) is 0.383. The molecule has 0 spiro atoms. The first-order valence-corrected chi connectivity index (χ1v) is 12.9. The molecule has 0 aromatic heterocycles. The summed E-state index contributed by atoms with van der Waals surface area (Å²) < 4.78 is 19.2. The van der Waals surface area contributed by atoms with E-state index in [1.54, 1.807) is 0 Å². The van der Waals surface area contributed by atoms with Gasteiger partial charge in [0.05, 0.1) is 25.9 Å². The second-order valence-electron chi connectivity index (χ2n) is 10.7. The molecule has 6 atom stereocenters. The van der Waals surface area contributed by atoms with Crippen molar-refractivity contribution in [3.63, 3.8) is 0 Å². The van der Waals surface area contributed by atoms with E-state index in [9.17, 15) is 10.2 Å². The van der Waals surface area contributed by atoms with E-state index in [4.69, 9.17) is 14.2 Å². The van der Waals surface area contributed by atoms with E-state index in [-0.39, 0.29) is 12.1 Å². The van der Waals surface area contributed by atoms with Crippen molar-refractivity contribution in [1.82, 2.24) is 5.32 Å². The molecular formula is C31H39NO5. The number of hydrogen-bond donors (Lipinski definition) is 3. The Morgan fingerprint density at radius 1 is 0.568 bits per heavy atom. The largest absolute Gasteiger partial charge is 0.389 e. The van der Waals surface area contributed by atoms with Crippen LogP contribution in [0.2, 0.25) is 0 Å². The third kappa shape index (κ3) is 7.71. The van der Waals surface area contributed by atoms with Gasteiger partial charge in [-0.3, -0.25) is 0 Å². The number of nitrogens with one attached hydrogen (secondary N) is 1. The Labute approximate surface area is 220 Å². The van der Waals surface area contributed by atoms with Crippen LogP contribution in [-0.4, -0.2) is 52.3 Å². The first kappa shape index (κ1) is 27.5. The fourth-order valence-corrected chi connectivity index (χ4v) is 4.74. The number of aliphatic hydroxyl groups excluding tert-OH is 2. The molecule has 1 aliphatic carbocycles. The summed E-state index contributed by atoms with van der Waals surface area (Å²) >= 11 is 0. The first-order valence-electron chi connectivity index (χ1n) is 12.9. The molecule has 1 aliphatic rings. The van der Waals surface area contributed by atoms with Crippen LogP contribution in [0.15, 0.2) is 91.0 Å². The Balaban J connectivity index is 1.63. The van der Waals surface area contributed by atoms with Crippen LogP contribution in [0.25, 0.3) is 0 Å². The Morgan fingerprint density at radius 3 is 1.35 bits per heavy atom. The van der Waals surface area contributed by atoms with Gasteiger partial charge >= 0.3 is 0 Å². The normalized spacial score (nSPS) is 26.2. The summed E-state index contributed by atoms with van der Waals surface area (Å²) in [5.74, 6) is 0. The van der Waals surface area contributed by atoms with Crippen LogP contribution in [0.5, 0.6) is 0 Å². The standard InChI is InChI=1S/C31H39NO5/c1-31(2,3)32-25-26(33)27(34)29(36-20-23-15-9-5-10-16-23)30(37-21-24-17-11-6-12-18-24)28(25)35-19-22-13-7-4-8-14-22/h4-18,25-30,32-34H,19-21H2,1-3H3/t25-,26-,27-,28-,29+,30+/m0/s1. The zero-order chi connectivity index (χ0) is 26.3. The molecule has 0 saturated heterocycles. The van der Waals surface area contributed by atoms with Crippen molar-refractivity contribution >= 4 is 0 Å². The third-order valence-corrected chi connectivity index (χ3v) is 6.51. The van der Waals surface area contributed by atoms with Crippen molar-refractivity contribution in [1.29, 1.82) is 0 Å². The van der Waals surface area contributed by atoms with Gasteiger partial charge in [-0.15, -0.1) is 0 Å². The zero-order valence-electron chi connectivity index (χ0n) is 21.9. The number of ether oxygens (including phenoxy) is 3. The van der Waals surface area contributed by atoms with Crippen LogP contribution in [0.4, 0.5) is 0 Å². The summed E-state index contributed by atoms with van der Waals surface area (Å²) in [5.41, 5.74) is 2.66. The topological polar surface area (TPSA) is 80.2 Å². The maximum Gasteiger partial charge on any atom is 0.115 e. The maximum atomic E-state index is 11.3. The second kappa shape index (κ2) is 12.8. The SMILES string of the molecule is CC(C)(C)N[C@H]1[C@H](O)[C@H](O)[C@@H](OCc2ccccc2)[C@H](OCc2ccccc2)[C@H]1OCc1ccccc1. The van der Waals surface area contributed by atoms with Gasteiger partial charge in [0, 0.05) is 5.54 Å². The van der Waals surface area contributed by atoms with Crippen LogP contribution < -0.4 is 5.32 Å². The second-order valence-corrected chi connectivity index (χ2v) is 10.7. The lowest BCUT2D eigenvalue weighted by Crippen LogP contribution is -2.71. The molecule has 37 heavy (non-hydrogen) atoms. The van der Waals surface area contributed by atoms with E-state index in [1.807, 2.05) is 112 Å². The van der Waals surface area contributed by atoms with Crippen LogP contribution in [0.1, 0.15) is 37.5 Å². The molecule has 3 N–H and O–H groups in total. The molecule has 0 radical (unpaired) electrons. The summed E-state index contributed by atoms with van der Waals surface area (Å²) in [4.78, 5) is 0. The van der Waals surface area contributed by atoms with Crippen molar-refractivity contribution in [2.45, 2.75) is 82.7 Å². The van der Waals surface area contributed by atoms with Crippen LogP contribution in [0, 0.1) is 0 Å². The Bertz CT molecular complexity index is 1060. The molecule has 6 nitrogen and oxygen atoms in total. The van der Waals surface area contributed by atoms with Gasteiger partial charge < -0.3 is 29.7 Å². The molecule has 0 bridgehead atoms. The van der Waals surface area contributed by atoms with E-state index < -0.39 is 36.6 Å². The van der Waals surface area contributed by atoms with E-state index in [2.05, 4.69) is 5.32 Å². The van der Waals surface area contributed by atoms with Gasteiger partial charge in [0.1, 0.15) is 30.5 Å². The lowest BCUT2D eigenvalue weighted by Gasteiger charge is -2.49. The summed E-state index contributed by atoms with van der Waals surface area (Å²) in [6, 6.07) is 29.0. The van der Waals surface area contributed by atoms with Crippen LogP contribution in [0.3, 0.4) is 0 Å². The molecule has 6 heteroatoms. The molecule has 1 saturated carbocycles. The molecule has 1 fully saturated rings. The lowest BCUT2D eigenvalue weighted by atomic mass is 9.81. The summed E-state index contributed by atoms with van der Waals surface area (Å²) in [5, 5.41) is 26.1. The minimum atomic E-state index is -1.17. The predicted octanol–water partition coefficient (Wildman–Crippen LogP) is 4.23. The number of rotatable bonds is 10. The molecule has 198 valence electrons. The van der Waals surface area contributed by atoms with Crippen molar-refractivity contribution < 1.29 is 24.4 Å². The average Bonchev–Trinajstić information content (AvgIpc) is 2.90. The Morgan fingerprint density at radius 2 is 0.946 bits per heavy atom. The summed E-state index contributed by atoms with van der Waals surface area (Å²) in [6.45, 7) is 7.03. The average molecular weight is 506 g/mol. The number of aliphatic hydroxyl groups is 2. The molecule has 0 unspecified atom stereocenters. The maximum absolute atomic E-state index is 11.3. The molecular weight excluding hydrogens is 466 g/mol. The fraction of sp³-hybridized carbons (Fsp3) is 0.419. The Kier molecular flexibility index (Phi) is 9.49. The highest BCUT2D eigenvalue weighted by atomic mass is 16.6. The Hall–Kier alpha value is -2.58. The minimum absolute atomic E-state index is 0.281.